The number of amides is 2. The maximum atomic E-state index is 13.0. The molecular formula is C28H52N2O6. The number of β-amino-alcohol motifs (C(OH)–C–C–N with tert-alkyl or cyclic N) is 1. The quantitative estimate of drug-likeness (QED) is 0.557. The van der Waals surface area contributed by atoms with Gasteiger partial charge in [0.15, 0.2) is 0 Å². The fourth-order valence-electron chi connectivity index (χ4n) is 5.75. The van der Waals surface area contributed by atoms with E-state index in [9.17, 15) is 19.8 Å². The molecule has 210 valence electrons. The largest absolute Gasteiger partial charge is 0.444 e. The van der Waals surface area contributed by atoms with Gasteiger partial charge in [0.05, 0.1) is 18.8 Å². The van der Waals surface area contributed by atoms with Gasteiger partial charge in [-0.25, -0.2) is 9.59 Å². The Morgan fingerprint density at radius 3 is 1.69 bits per heavy atom. The highest BCUT2D eigenvalue weighted by molar-refractivity contribution is 5.68. The number of nitrogens with zero attached hydrogens (tertiary/aromatic N) is 2. The van der Waals surface area contributed by atoms with E-state index in [0.29, 0.717) is 32.5 Å². The molecule has 2 saturated heterocycles. The number of aliphatic hydroxyl groups is 2. The Labute approximate surface area is 218 Å². The van der Waals surface area contributed by atoms with Crippen LogP contribution in [0, 0.1) is 28.6 Å². The standard InChI is InChI=1S/C28H52N2O6/c1-25(2,3)20-16-30(24(34)36-27(7,8)9)15-18(22(20)32)14-28(10,11)19-12-13-29(17-21(19)31)23(33)35-26(4,5)6/h18-22,31-32H,12-17H2,1-11H3/t18?,19?,20?,21-,22+/m0/s1. The topological polar surface area (TPSA) is 99.5 Å². The van der Waals surface area contributed by atoms with Crippen LogP contribution in [0.5, 0.6) is 0 Å². The lowest BCUT2D eigenvalue weighted by Gasteiger charge is -2.50. The van der Waals surface area contributed by atoms with Crippen molar-refractivity contribution < 1.29 is 29.3 Å². The van der Waals surface area contributed by atoms with Gasteiger partial charge < -0.3 is 29.5 Å². The molecule has 2 N–H and O–H groups in total. The first-order valence-electron chi connectivity index (χ1n) is 13.4. The molecule has 2 amide bonds. The van der Waals surface area contributed by atoms with Crippen LogP contribution in [-0.2, 0) is 9.47 Å². The maximum Gasteiger partial charge on any atom is 0.410 e. The molecule has 2 aliphatic heterocycles. The molecule has 0 spiro atoms. The van der Waals surface area contributed by atoms with E-state index in [4.69, 9.17) is 9.47 Å². The highest BCUT2D eigenvalue weighted by Gasteiger charge is 2.48. The van der Waals surface area contributed by atoms with E-state index in [0.717, 1.165) is 0 Å². The molecule has 0 saturated carbocycles. The zero-order valence-electron chi connectivity index (χ0n) is 24.6. The number of carbonyl (C=O) groups excluding carboxylic acids is 2. The van der Waals surface area contributed by atoms with Crippen molar-refractivity contribution >= 4 is 12.2 Å². The van der Waals surface area contributed by atoms with E-state index in [1.807, 2.05) is 41.5 Å². The van der Waals surface area contributed by atoms with Crippen molar-refractivity contribution in [1.29, 1.82) is 0 Å². The Balaban J connectivity index is 2.16. The smallest absolute Gasteiger partial charge is 0.410 e. The molecule has 0 radical (unpaired) electrons. The van der Waals surface area contributed by atoms with E-state index in [2.05, 4.69) is 34.6 Å². The minimum Gasteiger partial charge on any atom is -0.444 e. The Hall–Kier alpha value is -1.54. The summed E-state index contributed by atoms with van der Waals surface area (Å²) in [5.41, 5.74) is -1.69. The summed E-state index contributed by atoms with van der Waals surface area (Å²) >= 11 is 0. The van der Waals surface area contributed by atoms with Crippen molar-refractivity contribution in [3.05, 3.63) is 0 Å². The number of hydrogen-bond donors (Lipinski definition) is 2. The Kier molecular flexibility index (Phi) is 9.10. The van der Waals surface area contributed by atoms with E-state index < -0.39 is 29.5 Å². The van der Waals surface area contributed by atoms with Gasteiger partial charge in [-0.15, -0.1) is 0 Å². The highest BCUT2D eigenvalue weighted by Crippen LogP contribution is 2.45. The number of hydrogen-bond acceptors (Lipinski definition) is 6. The molecule has 0 aromatic rings. The second kappa shape index (κ2) is 10.7. The van der Waals surface area contributed by atoms with Gasteiger partial charge in [-0.05, 0) is 71.1 Å². The number of ether oxygens (including phenoxy) is 2. The summed E-state index contributed by atoms with van der Waals surface area (Å²) in [7, 11) is 0. The first kappa shape index (κ1) is 30.7. The van der Waals surface area contributed by atoms with Gasteiger partial charge in [-0.2, -0.15) is 0 Å². The summed E-state index contributed by atoms with van der Waals surface area (Å²) < 4.78 is 11.2. The molecule has 0 bridgehead atoms. The van der Waals surface area contributed by atoms with Crippen molar-refractivity contribution in [2.45, 2.75) is 112 Å². The van der Waals surface area contributed by atoms with Crippen LogP contribution < -0.4 is 0 Å². The molecule has 8 heteroatoms. The van der Waals surface area contributed by atoms with Crippen LogP contribution in [0.4, 0.5) is 9.59 Å². The zero-order chi connectivity index (χ0) is 27.9. The molecular weight excluding hydrogens is 460 g/mol. The number of piperidine rings is 2. The third kappa shape index (κ3) is 8.23. The molecule has 0 aromatic carbocycles. The normalized spacial score (nSPS) is 28.6. The summed E-state index contributed by atoms with van der Waals surface area (Å²) in [6.45, 7) is 23.2. The van der Waals surface area contributed by atoms with Gasteiger partial charge in [0, 0.05) is 31.5 Å². The van der Waals surface area contributed by atoms with E-state index in [-0.39, 0.29) is 41.2 Å². The van der Waals surface area contributed by atoms with Crippen LogP contribution in [0.15, 0.2) is 0 Å². The lowest BCUT2D eigenvalue weighted by molar-refractivity contribution is -0.0925. The van der Waals surface area contributed by atoms with Crippen LogP contribution in [-0.4, -0.2) is 81.8 Å². The molecule has 36 heavy (non-hydrogen) atoms. The fourth-order valence-corrected chi connectivity index (χ4v) is 5.75. The summed E-state index contributed by atoms with van der Waals surface area (Å²) in [4.78, 5) is 28.8. The molecule has 5 atom stereocenters. The molecule has 0 aliphatic carbocycles. The average molecular weight is 513 g/mol. The van der Waals surface area contributed by atoms with Crippen molar-refractivity contribution in [3.8, 4) is 0 Å². The summed E-state index contributed by atoms with van der Waals surface area (Å²) in [6.07, 6.45) is -0.717. The maximum absolute atomic E-state index is 13.0. The Morgan fingerprint density at radius 2 is 1.25 bits per heavy atom. The first-order valence-corrected chi connectivity index (χ1v) is 13.4. The van der Waals surface area contributed by atoms with E-state index >= 15 is 0 Å². The van der Waals surface area contributed by atoms with Gasteiger partial charge in [0.25, 0.3) is 0 Å². The highest BCUT2D eigenvalue weighted by atomic mass is 16.6. The summed E-state index contributed by atoms with van der Waals surface area (Å²) in [5, 5.41) is 22.5. The molecule has 3 unspecified atom stereocenters. The predicted molar refractivity (Wildman–Crippen MR) is 141 cm³/mol. The molecule has 2 rings (SSSR count). The minimum absolute atomic E-state index is 0.0478. The fraction of sp³-hybridized carbons (Fsp3) is 0.929. The van der Waals surface area contributed by atoms with Crippen molar-refractivity contribution in [1.82, 2.24) is 9.80 Å². The summed E-state index contributed by atoms with van der Waals surface area (Å²) in [6, 6.07) is 0. The third-order valence-corrected chi connectivity index (χ3v) is 7.56. The third-order valence-electron chi connectivity index (χ3n) is 7.56. The zero-order valence-corrected chi connectivity index (χ0v) is 24.6. The van der Waals surface area contributed by atoms with Crippen molar-refractivity contribution in [2.24, 2.45) is 28.6 Å². The second-order valence-electron chi connectivity index (χ2n) is 14.7. The van der Waals surface area contributed by atoms with Crippen LogP contribution >= 0.6 is 0 Å². The molecule has 2 heterocycles. The molecule has 0 aromatic heterocycles. The van der Waals surface area contributed by atoms with Gasteiger partial charge >= 0.3 is 12.2 Å². The average Bonchev–Trinajstić information content (AvgIpc) is 2.65. The van der Waals surface area contributed by atoms with Crippen molar-refractivity contribution in [3.63, 3.8) is 0 Å². The van der Waals surface area contributed by atoms with Crippen LogP contribution in [0.3, 0.4) is 0 Å². The molecule has 2 fully saturated rings. The number of carbonyl (C=O) groups is 2. The van der Waals surface area contributed by atoms with E-state index in [1.54, 1.807) is 9.80 Å². The summed E-state index contributed by atoms with van der Waals surface area (Å²) in [5.74, 6) is -0.298. The minimum atomic E-state index is -0.692. The van der Waals surface area contributed by atoms with Crippen molar-refractivity contribution in [2.75, 3.05) is 26.2 Å². The first-order chi connectivity index (χ1) is 16.1. The lowest BCUT2D eigenvalue weighted by atomic mass is 9.63. The van der Waals surface area contributed by atoms with Crippen LogP contribution in [0.1, 0.15) is 89.0 Å². The number of rotatable bonds is 3. The second-order valence-corrected chi connectivity index (χ2v) is 14.7. The SMILES string of the molecule is CC(C)(C)OC(=O)N1CC(CC(C)(C)C2CCN(C(=O)OC(C)(C)C)C[C@@H]2O)[C@@H](O)C(C(C)(C)C)C1. The Bertz CT molecular complexity index is 776. The Morgan fingerprint density at radius 1 is 0.750 bits per heavy atom. The van der Waals surface area contributed by atoms with Crippen LogP contribution in [0.25, 0.3) is 0 Å². The van der Waals surface area contributed by atoms with Gasteiger partial charge in [-0.1, -0.05) is 34.6 Å². The molecule has 8 nitrogen and oxygen atoms in total. The van der Waals surface area contributed by atoms with Crippen LogP contribution in [0.2, 0.25) is 0 Å². The lowest BCUT2D eigenvalue weighted by Crippen LogP contribution is -2.57. The van der Waals surface area contributed by atoms with Gasteiger partial charge in [0.1, 0.15) is 11.2 Å². The monoisotopic (exact) mass is 512 g/mol. The number of likely N-dealkylation sites (tertiary alicyclic amines) is 2. The molecule has 2 aliphatic rings. The van der Waals surface area contributed by atoms with Gasteiger partial charge in [0.2, 0.25) is 0 Å². The number of aliphatic hydroxyl groups excluding tert-OH is 2. The van der Waals surface area contributed by atoms with Gasteiger partial charge in [-0.3, -0.25) is 0 Å². The predicted octanol–water partition coefficient (Wildman–Crippen LogP) is 4.91. The van der Waals surface area contributed by atoms with E-state index in [1.165, 1.54) is 0 Å².